The molecule has 0 aromatic carbocycles. The van der Waals surface area contributed by atoms with Gasteiger partial charge in [0.15, 0.2) is 0 Å². The first-order chi connectivity index (χ1) is 5.49. The Bertz CT molecular complexity index is 108. The van der Waals surface area contributed by atoms with Crippen LogP contribution in [0.15, 0.2) is 0 Å². The Morgan fingerprint density at radius 3 is 1.67 bits per heavy atom. The summed E-state index contributed by atoms with van der Waals surface area (Å²) in [6.07, 6.45) is 1.03. The molecule has 0 saturated heterocycles. The van der Waals surface area contributed by atoms with Crippen LogP contribution < -0.4 is 0 Å². The predicted octanol–water partition coefficient (Wildman–Crippen LogP) is 0.525. The number of nitrogens with zero attached hydrogens (tertiary/aromatic N) is 1. The zero-order valence-electron chi connectivity index (χ0n) is 8.96. The molecule has 74 valence electrons. The van der Waals surface area contributed by atoms with E-state index in [2.05, 4.69) is 21.1 Å². The molecule has 0 fully saturated rings. The highest BCUT2D eigenvalue weighted by molar-refractivity contribution is 6.44. The highest BCUT2D eigenvalue weighted by Gasteiger charge is 2.21. The Balaban J connectivity index is 3.77. The lowest BCUT2D eigenvalue weighted by Crippen LogP contribution is -2.46. The topological polar surface area (TPSA) is 18.5 Å². The van der Waals surface area contributed by atoms with E-state index in [1.54, 1.807) is 0 Å². The molecular formula is C8H22NO2Si+. The van der Waals surface area contributed by atoms with Gasteiger partial charge in [-0.05, 0) is 13.8 Å². The summed E-state index contributed by atoms with van der Waals surface area (Å²) in [5, 5.41) is 0. The van der Waals surface area contributed by atoms with Gasteiger partial charge in [0.05, 0.1) is 21.1 Å². The quantitative estimate of drug-likeness (QED) is 0.451. The third-order valence-electron chi connectivity index (χ3n) is 1.40. The highest BCUT2D eigenvalue weighted by atomic mass is 28.3. The summed E-state index contributed by atoms with van der Waals surface area (Å²) in [6.45, 7) is 5.59. The Hall–Kier alpha value is 0.0969. The molecule has 0 N–H and O–H groups in total. The molecule has 0 aromatic rings. The second-order valence-corrected chi connectivity index (χ2v) is 5.70. The molecule has 0 heterocycles. The molecule has 0 rings (SSSR count). The number of hydrogen-bond donors (Lipinski definition) is 0. The minimum Gasteiger partial charge on any atom is -0.394 e. The number of rotatable bonds is 6. The maximum atomic E-state index is 5.56. The second kappa shape index (κ2) is 5.69. The fourth-order valence-corrected chi connectivity index (χ4v) is 2.92. The minimum absolute atomic E-state index is 0.775. The molecular weight excluding hydrogens is 170 g/mol. The number of quaternary nitrogens is 1. The van der Waals surface area contributed by atoms with Crippen molar-refractivity contribution < 1.29 is 13.3 Å². The summed E-state index contributed by atoms with van der Waals surface area (Å²) in [6, 6.07) is 0. The van der Waals surface area contributed by atoms with Gasteiger partial charge in [0.25, 0.3) is 0 Å². The molecule has 0 aliphatic carbocycles. The molecule has 0 aliphatic rings. The van der Waals surface area contributed by atoms with E-state index >= 15 is 0 Å². The molecule has 3 nitrogen and oxygen atoms in total. The van der Waals surface area contributed by atoms with Crippen molar-refractivity contribution in [3.63, 3.8) is 0 Å². The first kappa shape index (κ1) is 12.1. The largest absolute Gasteiger partial charge is 0.394 e. The van der Waals surface area contributed by atoms with Gasteiger partial charge in [-0.2, -0.15) is 0 Å². The summed E-state index contributed by atoms with van der Waals surface area (Å²) in [4.78, 5) is 0. The Kier molecular flexibility index (Phi) is 5.74. The molecule has 0 aromatic heterocycles. The molecule has 4 heteroatoms. The maximum absolute atomic E-state index is 5.56. The van der Waals surface area contributed by atoms with E-state index in [9.17, 15) is 0 Å². The van der Waals surface area contributed by atoms with Crippen LogP contribution in [0.25, 0.3) is 0 Å². The Labute approximate surface area is 77.7 Å². The summed E-state index contributed by atoms with van der Waals surface area (Å²) < 4.78 is 12.0. The SMILES string of the molecule is CCO[SiH](C[N+](C)(C)C)OCC. The lowest BCUT2D eigenvalue weighted by atomic mass is 10.8. The smallest absolute Gasteiger partial charge is 0.380 e. The second-order valence-electron chi connectivity index (χ2n) is 3.81. The van der Waals surface area contributed by atoms with E-state index in [4.69, 9.17) is 8.85 Å². The molecule has 0 saturated carbocycles. The van der Waals surface area contributed by atoms with Crippen LogP contribution in [0.3, 0.4) is 0 Å². The average molecular weight is 192 g/mol. The van der Waals surface area contributed by atoms with E-state index in [0.717, 1.165) is 23.9 Å². The van der Waals surface area contributed by atoms with Crippen molar-refractivity contribution in [1.82, 2.24) is 0 Å². The summed E-state index contributed by atoms with van der Waals surface area (Å²) >= 11 is 0. The van der Waals surface area contributed by atoms with Crippen LogP contribution in [0, 0.1) is 0 Å². The third kappa shape index (κ3) is 6.79. The van der Waals surface area contributed by atoms with Crippen LogP contribution in [-0.2, 0) is 8.85 Å². The van der Waals surface area contributed by atoms with Crippen LogP contribution in [-0.4, -0.2) is 54.3 Å². The first-order valence-corrected chi connectivity index (χ1v) is 6.29. The zero-order chi connectivity index (χ0) is 9.61. The third-order valence-corrected chi connectivity index (χ3v) is 4.21. The molecule has 0 spiro atoms. The Morgan fingerprint density at radius 2 is 1.42 bits per heavy atom. The fourth-order valence-electron chi connectivity index (χ4n) is 0.973. The normalized spacial score (nSPS) is 12.5. The van der Waals surface area contributed by atoms with Gasteiger partial charge >= 0.3 is 9.28 Å². The van der Waals surface area contributed by atoms with Crippen molar-refractivity contribution in [2.75, 3.05) is 40.5 Å². The standard InChI is InChI=1S/C8H22NO2Si/c1-6-10-12(11-7-2)8-9(3,4)5/h12H,6-8H2,1-5H3/q+1. The van der Waals surface area contributed by atoms with Crippen molar-refractivity contribution >= 4 is 9.28 Å². The Morgan fingerprint density at radius 1 is 1.00 bits per heavy atom. The van der Waals surface area contributed by atoms with Crippen molar-refractivity contribution in [3.05, 3.63) is 0 Å². The molecule has 0 atom stereocenters. The van der Waals surface area contributed by atoms with Gasteiger partial charge in [-0.1, -0.05) is 0 Å². The van der Waals surface area contributed by atoms with Gasteiger partial charge < -0.3 is 13.3 Å². The zero-order valence-corrected chi connectivity index (χ0v) is 10.1. The molecule has 0 unspecified atom stereocenters. The van der Waals surface area contributed by atoms with Crippen LogP contribution in [0.4, 0.5) is 0 Å². The van der Waals surface area contributed by atoms with Crippen molar-refractivity contribution in [1.29, 1.82) is 0 Å². The van der Waals surface area contributed by atoms with Gasteiger partial charge in [-0.3, -0.25) is 0 Å². The van der Waals surface area contributed by atoms with Gasteiger partial charge in [-0.25, -0.2) is 0 Å². The van der Waals surface area contributed by atoms with Crippen LogP contribution >= 0.6 is 0 Å². The average Bonchev–Trinajstić information content (AvgIpc) is 1.84. The summed E-state index contributed by atoms with van der Waals surface area (Å²) in [5.74, 6) is 0. The lowest BCUT2D eigenvalue weighted by molar-refractivity contribution is -0.861. The monoisotopic (exact) mass is 192 g/mol. The minimum atomic E-state index is -1.39. The van der Waals surface area contributed by atoms with Gasteiger partial charge in [0.2, 0.25) is 0 Å². The van der Waals surface area contributed by atoms with Crippen LogP contribution in [0.1, 0.15) is 13.8 Å². The summed E-state index contributed by atoms with van der Waals surface area (Å²) in [5.41, 5.74) is 0. The van der Waals surface area contributed by atoms with Gasteiger partial charge in [0, 0.05) is 13.2 Å². The molecule has 0 radical (unpaired) electrons. The van der Waals surface area contributed by atoms with Crippen LogP contribution in [0.2, 0.25) is 0 Å². The molecule has 0 amide bonds. The van der Waals surface area contributed by atoms with Crippen LogP contribution in [0.5, 0.6) is 0 Å². The van der Waals surface area contributed by atoms with E-state index in [0.29, 0.717) is 0 Å². The first-order valence-electron chi connectivity index (χ1n) is 4.53. The van der Waals surface area contributed by atoms with E-state index in [-0.39, 0.29) is 0 Å². The van der Waals surface area contributed by atoms with Crippen molar-refractivity contribution in [3.8, 4) is 0 Å². The predicted molar refractivity (Wildman–Crippen MR) is 53.3 cm³/mol. The van der Waals surface area contributed by atoms with Crippen molar-refractivity contribution in [2.45, 2.75) is 13.8 Å². The summed E-state index contributed by atoms with van der Waals surface area (Å²) in [7, 11) is 5.11. The van der Waals surface area contributed by atoms with Crippen molar-refractivity contribution in [2.24, 2.45) is 0 Å². The lowest BCUT2D eigenvalue weighted by Gasteiger charge is -2.27. The maximum Gasteiger partial charge on any atom is 0.380 e. The van der Waals surface area contributed by atoms with Gasteiger partial charge in [-0.15, -0.1) is 0 Å². The molecule has 0 aliphatic heterocycles. The molecule has 12 heavy (non-hydrogen) atoms. The van der Waals surface area contributed by atoms with E-state index in [1.165, 1.54) is 0 Å². The highest BCUT2D eigenvalue weighted by Crippen LogP contribution is 1.97. The van der Waals surface area contributed by atoms with Gasteiger partial charge in [0.1, 0.15) is 6.17 Å². The van der Waals surface area contributed by atoms with E-state index < -0.39 is 9.28 Å². The van der Waals surface area contributed by atoms with E-state index in [1.807, 2.05) is 13.8 Å². The number of hydrogen-bond acceptors (Lipinski definition) is 2. The molecule has 0 bridgehead atoms. The fraction of sp³-hybridized carbons (Fsp3) is 1.00.